The minimum Gasteiger partial charge on any atom is -0.481 e. The summed E-state index contributed by atoms with van der Waals surface area (Å²) >= 11 is 0. The lowest BCUT2D eigenvalue weighted by Gasteiger charge is -1.98. The van der Waals surface area contributed by atoms with Crippen LogP contribution in [0, 0.1) is 0 Å². The molecule has 0 fully saturated rings. The van der Waals surface area contributed by atoms with Crippen molar-refractivity contribution in [2.45, 2.75) is 6.42 Å². The van der Waals surface area contributed by atoms with Gasteiger partial charge in [0.15, 0.2) is 0 Å². The summed E-state index contributed by atoms with van der Waals surface area (Å²) in [5, 5.41) is 48.1. The Labute approximate surface area is 150 Å². The summed E-state index contributed by atoms with van der Waals surface area (Å²) in [6.45, 7) is 0. The zero-order valence-corrected chi connectivity index (χ0v) is 13.3. The van der Waals surface area contributed by atoms with Crippen LogP contribution >= 0.6 is 0 Å². The Morgan fingerprint density at radius 2 is 0.926 bits per heavy atom. The van der Waals surface area contributed by atoms with Gasteiger partial charge < -0.3 is 30.6 Å². The fourth-order valence-electron chi connectivity index (χ4n) is 1.13. The zero-order chi connectivity index (χ0) is 21.6. The summed E-state index contributed by atoms with van der Waals surface area (Å²) in [4.78, 5) is 58.9. The van der Waals surface area contributed by atoms with Gasteiger partial charge in [0.25, 0.3) is 0 Å². The van der Waals surface area contributed by atoms with Crippen molar-refractivity contribution >= 4 is 35.8 Å². The molecule has 0 radical (unpaired) electrons. The molecule has 0 aliphatic heterocycles. The summed E-state index contributed by atoms with van der Waals surface area (Å²) < 4.78 is 0. The SMILES string of the molecule is O=C(O)C=CC(=O)O.O=C(O)CC(=O)O.O=C(O)c1ccccc1C(=O)O. The minimum absolute atomic E-state index is 0.190. The van der Waals surface area contributed by atoms with Crippen molar-refractivity contribution < 1.29 is 59.4 Å². The van der Waals surface area contributed by atoms with Gasteiger partial charge in [-0.25, -0.2) is 19.2 Å². The highest BCUT2D eigenvalue weighted by atomic mass is 16.4. The number of hydrogen-bond donors (Lipinski definition) is 6. The molecule has 1 rings (SSSR count). The van der Waals surface area contributed by atoms with Crippen LogP contribution in [-0.4, -0.2) is 66.5 Å². The van der Waals surface area contributed by atoms with Gasteiger partial charge in [0.2, 0.25) is 0 Å². The van der Waals surface area contributed by atoms with E-state index in [9.17, 15) is 28.8 Å². The zero-order valence-electron chi connectivity index (χ0n) is 13.3. The van der Waals surface area contributed by atoms with Gasteiger partial charge >= 0.3 is 35.8 Å². The molecule has 1 aromatic rings. The number of benzene rings is 1. The minimum atomic E-state index is -1.31. The van der Waals surface area contributed by atoms with E-state index in [1.165, 1.54) is 24.3 Å². The third kappa shape index (κ3) is 15.1. The van der Waals surface area contributed by atoms with Crippen molar-refractivity contribution in [3.05, 3.63) is 47.5 Å². The van der Waals surface area contributed by atoms with E-state index >= 15 is 0 Å². The van der Waals surface area contributed by atoms with E-state index in [4.69, 9.17) is 30.6 Å². The van der Waals surface area contributed by atoms with Crippen molar-refractivity contribution in [2.24, 2.45) is 0 Å². The molecule has 0 atom stereocenters. The van der Waals surface area contributed by atoms with Crippen LogP contribution in [0.25, 0.3) is 0 Å². The highest BCUT2D eigenvalue weighted by molar-refractivity contribution is 6.01. The average Bonchev–Trinajstić information content (AvgIpc) is 2.52. The Morgan fingerprint density at radius 1 is 0.630 bits per heavy atom. The monoisotopic (exact) mass is 386 g/mol. The first-order chi connectivity index (χ1) is 12.4. The van der Waals surface area contributed by atoms with Gasteiger partial charge in [-0.15, -0.1) is 0 Å². The molecule has 12 nitrogen and oxygen atoms in total. The first kappa shape index (κ1) is 25.0. The van der Waals surface area contributed by atoms with Gasteiger partial charge in [-0.1, -0.05) is 12.1 Å². The van der Waals surface area contributed by atoms with Gasteiger partial charge in [0.05, 0.1) is 11.1 Å². The molecule has 0 saturated heterocycles. The lowest BCUT2D eigenvalue weighted by molar-refractivity contribution is -0.147. The molecule has 0 spiro atoms. The van der Waals surface area contributed by atoms with E-state index < -0.39 is 42.2 Å². The molecule has 0 aliphatic rings. The second kappa shape index (κ2) is 13.1. The number of hydrogen-bond acceptors (Lipinski definition) is 6. The van der Waals surface area contributed by atoms with E-state index in [2.05, 4.69) is 0 Å². The number of aromatic carboxylic acids is 2. The molecule has 12 heteroatoms. The van der Waals surface area contributed by atoms with Crippen molar-refractivity contribution in [3.8, 4) is 0 Å². The third-order valence-electron chi connectivity index (χ3n) is 2.06. The molecule has 27 heavy (non-hydrogen) atoms. The standard InChI is InChI=1S/C8H6O4.C4H4O4.C3H4O4/c9-7(10)5-3-1-2-4-6(5)8(11)12;5-3(6)1-2-4(7)8;4-2(5)1-3(6)7/h1-4H,(H,9,10)(H,11,12);1-2H,(H,5,6)(H,7,8);1H2,(H,4,5)(H,6,7). The normalized spacial score (nSPS) is 9.04. The van der Waals surface area contributed by atoms with Crippen LogP contribution in [0.4, 0.5) is 0 Å². The highest BCUT2D eigenvalue weighted by Gasteiger charge is 2.13. The average molecular weight is 386 g/mol. The summed E-state index contributed by atoms with van der Waals surface area (Å²) in [6, 6.07) is 5.48. The van der Waals surface area contributed by atoms with E-state index in [0.717, 1.165) is 0 Å². The Bertz CT molecular complexity index is 686. The van der Waals surface area contributed by atoms with Crippen molar-refractivity contribution in [3.63, 3.8) is 0 Å². The van der Waals surface area contributed by atoms with Gasteiger partial charge in [-0.3, -0.25) is 9.59 Å². The molecular formula is C15H14O12. The molecular weight excluding hydrogens is 372 g/mol. The number of carboxylic acids is 6. The first-order valence-corrected chi connectivity index (χ1v) is 6.51. The van der Waals surface area contributed by atoms with Crippen LogP contribution in [0.3, 0.4) is 0 Å². The lowest BCUT2D eigenvalue weighted by atomic mass is 10.1. The van der Waals surface area contributed by atoms with E-state index in [1.807, 2.05) is 0 Å². The van der Waals surface area contributed by atoms with Crippen LogP contribution < -0.4 is 0 Å². The Balaban J connectivity index is 0. The third-order valence-corrected chi connectivity index (χ3v) is 2.06. The maximum Gasteiger partial charge on any atom is 0.336 e. The maximum absolute atomic E-state index is 10.5. The summed E-state index contributed by atoms with van der Waals surface area (Å²) in [5.74, 6) is -7.60. The Kier molecular flexibility index (Phi) is 12.2. The van der Waals surface area contributed by atoms with Gasteiger partial charge in [-0.2, -0.15) is 0 Å². The maximum atomic E-state index is 10.5. The number of carboxylic acid groups (broad SMARTS) is 6. The fraction of sp³-hybridized carbons (Fsp3) is 0.0667. The van der Waals surface area contributed by atoms with Crippen LogP contribution in [0.5, 0.6) is 0 Å². The van der Waals surface area contributed by atoms with Gasteiger partial charge in [0, 0.05) is 12.2 Å². The van der Waals surface area contributed by atoms with Crippen LogP contribution in [0.15, 0.2) is 36.4 Å². The molecule has 0 amide bonds. The quantitative estimate of drug-likeness (QED) is 0.287. The summed E-state index contributed by atoms with van der Waals surface area (Å²) in [5.41, 5.74) is -0.380. The lowest BCUT2D eigenvalue weighted by Crippen LogP contribution is -2.06. The van der Waals surface area contributed by atoms with E-state index in [-0.39, 0.29) is 11.1 Å². The van der Waals surface area contributed by atoms with E-state index in [1.54, 1.807) is 0 Å². The van der Waals surface area contributed by atoms with Crippen LogP contribution in [0.1, 0.15) is 27.1 Å². The molecule has 0 saturated carbocycles. The van der Waals surface area contributed by atoms with Gasteiger partial charge in [-0.05, 0) is 12.1 Å². The van der Waals surface area contributed by atoms with Gasteiger partial charge in [0.1, 0.15) is 6.42 Å². The molecule has 146 valence electrons. The summed E-state index contributed by atoms with van der Waals surface area (Å²) in [7, 11) is 0. The van der Waals surface area contributed by atoms with Crippen molar-refractivity contribution in [2.75, 3.05) is 0 Å². The second-order valence-corrected chi connectivity index (χ2v) is 4.13. The topological polar surface area (TPSA) is 224 Å². The van der Waals surface area contributed by atoms with Crippen LogP contribution in [-0.2, 0) is 19.2 Å². The smallest absolute Gasteiger partial charge is 0.336 e. The molecule has 6 N–H and O–H groups in total. The molecule has 0 bridgehead atoms. The predicted molar refractivity (Wildman–Crippen MR) is 84.7 cm³/mol. The first-order valence-electron chi connectivity index (χ1n) is 6.51. The highest BCUT2D eigenvalue weighted by Crippen LogP contribution is 2.07. The predicted octanol–water partition coefficient (Wildman–Crippen LogP) is 0.341. The number of rotatable bonds is 6. The Morgan fingerprint density at radius 3 is 1.07 bits per heavy atom. The largest absolute Gasteiger partial charge is 0.481 e. The van der Waals surface area contributed by atoms with Crippen LogP contribution in [0.2, 0.25) is 0 Å². The molecule has 1 aromatic carbocycles. The Hall–Kier alpha value is -4.22. The van der Waals surface area contributed by atoms with Crippen molar-refractivity contribution in [1.29, 1.82) is 0 Å². The number of carbonyl (C=O) groups is 6. The summed E-state index contributed by atoms with van der Waals surface area (Å²) in [6.07, 6.45) is 0.310. The van der Waals surface area contributed by atoms with E-state index in [0.29, 0.717) is 12.2 Å². The fourth-order valence-corrected chi connectivity index (χ4v) is 1.13. The molecule has 0 heterocycles. The second-order valence-electron chi connectivity index (χ2n) is 4.13. The molecule has 0 unspecified atom stereocenters. The van der Waals surface area contributed by atoms with Crippen molar-refractivity contribution in [1.82, 2.24) is 0 Å². The number of aliphatic carboxylic acids is 4. The molecule has 0 aromatic heterocycles. The molecule has 0 aliphatic carbocycles.